The molecule has 20 heavy (non-hydrogen) atoms. The number of carbonyl (C=O) groups excluding carboxylic acids is 1. The average Bonchev–Trinajstić information content (AvgIpc) is 2.81. The van der Waals surface area contributed by atoms with Gasteiger partial charge in [-0.15, -0.1) is 0 Å². The van der Waals surface area contributed by atoms with Crippen LogP contribution in [0.25, 0.3) is 5.69 Å². The molecule has 102 valence electrons. The summed E-state index contributed by atoms with van der Waals surface area (Å²) in [4.78, 5) is 21.7. The zero-order chi connectivity index (χ0) is 14.7. The van der Waals surface area contributed by atoms with Gasteiger partial charge < -0.3 is 15.4 Å². The Bertz CT molecular complexity index is 696. The summed E-state index contributed by atoms with van der Waals surface area (Å²) in [5, 5.41) is 17.5. The first-order chi connectivity index (χ1) is 9.52. The largest absolute Gasteiger partial charge is 0.364 e. The molecule has 7 nitrogen and oxygen atoms in total. The summed E-state index contributed by atoms with van der Waals surface area (Å²) in [7, 11) is 0. The van der Waals surface area contributed by atoms with Crippen molar-refractivity contribution in [1.29, 1.82) is 0 Å². The number of hydrogen-bond acceptors (Lipinski definition) is 4. The van der Waals surface area contributed by atoms with E-state index in [0.717, 1.165) is 6.08 Å². The number of benzene rings is 1. The van der Waals surface area contributed by atoms with Gasteiger partial charge in [0.15, 0.2) is 5.69 Å². The summed E-state index contributed by atoms with van der Waals surface area (Å²) >= 11 is 3.08. The molecule has 0 aliphatic heterocycles. The molecular weight excluding hydrogens is 328 g/mol. The third-order valence-corrected chi connectivity index (χ3v) is 2.98. The highest BCUT2D eigenvalue weighted by Crippen LogP contribution is 2.27. The number of carbonyl (C=O) groups is 1. The number of nitrogens with zero attached hydrogens (tertiary/aromatic N) is 3. The molecule has 0 bridgehead atoms. The topological polar surface area (TPSA) is 90.1 Å². The van der Waals surface area contributed by atoms with Crippen molar-refractivity contribution in [3.8, 4) is 5.69 Å². The van der Waals surface area contributed by atoms with Crippen LogP contribution >= 0.6 is 15.9 Å². The lowest BCUT2D eigenvalue weighted by Gasteiger charge is -2.04. The summed E-state index contributed by atoms with van der Waals surface area (Å²) in [6.45, 7) is 3.35. The fraction of sp³-hybridized carbons (Fsp3) is 0. The lowest BCUT2D eigenvalue weighted by molar-refractivity contribution is -0.392. The molecule has 0 saturated carbocycles. The van der Waals surface area contributed by atoms with Crippen LogP contribution in [0.1, 0.15) is 0 Å². The summed E-state index contributed by atoms with van der Waals surface area (Å²) in [6, 6.07) is 6.55. The lowest BCUT2D eigenvalue weighted by Crippen LogP contribution is -2.08. The second-order valence-electron chi connectivity index (χ2n) is 3.73. The van der Waals surface area contributed by atoms with E-state index in [1.807, 2.05) is 0 Å². The summed E-state index contributed by atoms with van der Waals surface area (Å²) < 4.78 is 1.45. The standard InChI is InChI=1S/C12H9BrN4O3/c1-2-11(18)15-8-4-3-5-9(6-8)16-12(17(19)20)10(13)7-14-16/h2-7H,1H2,(H,15,18). The van der Waals surface area contributed by atoms with Crippen molar-refractivity contribution in [3.63, 3.8) is 0 Å². The molecule has 0 spiro atoms. The molecule has 1 heterocycles. The van der Waals surface area contributed by atoms with E-state index in [1.165, 1.54) is 10.9 Å². The normalized spacial score (nSPS) is 10.1. The van der Waals surface area contributed by atoms with E-state index in [9.17, 15) is 14.9 Å². The predicted molar refractivity (Wildman–Crippen MR) is 76.7 cm³/mol. The van der Waals surface area contributed by atoms with E-state index in [-0.39, 0.29) is 16.2 Å². The van der Waals surface area contributed by atoms with Gasteiger partial charge in [0.25, 0.3) is 0 Å². The number of nitro groups is 1. The molecule has 0 radical (unpaired) electrons. The molecule has 0 aliphatic carbocycles. The molecule has 1 aromatic heterocycles. The Kier molecular flexibility index (Phi) is 3.94. The van der Waals surface area contributed by atoms with E-state index in [4.69, 9.17) is 0 Å². The molecule has 0 saturated heterocycles. The van der Waals surface area contributed by atoms with Crippen LogP contribution in [-0.4, -0.2) is 20.6 Å². The molecule has 8 heteroatoms. The Labute approximate surface area is 122 Å². The Morgan fingerprint density at radius 3 is 2.95 bits per heavy atom. The minimum Gasteiger partial charge on any atom is -0.358 e. The highest BCUT2D eigenvalue weighted by Gasteiger charge is 2.22. The zero-order valence-corrected chi connectivity index (χ0v) is 11.7. The molecule has 0 atom stereocenters. The number of rotatable bonds is 4. The van der Waals surface area contributed by atoms with Crippen molar-refractivity contribution >= 4 is 33.3 Å². The van der Waals surface area contributed by atoms with E-state index in [1.54, 1.807) is 24.3 Å². The summed E-state index contributed by atoms with van der Waals surface area (Å²) in [5.41, 5.74) is 0.956. The van der Waals surface area contributed by atoms with Crippen LogP contribution in [0.2, 0.25) is 0 Å². The first kappa shape index (κ1) is 13.9. The second-order valence-corrected chi connectivity index (χ2v) is 4.58. The quantitative estimate of drug-likeness (QED) is 0.528. The van der Waals surface area contributed by atoms with Crippen LogP contribution < -0.4 is 5.32 Å². The summed E-state index contributed by atoms with van der Waals surface area (Å²) in [5.74, 6) is -0.546. The highest BCUT2D eigenvalue weighted by atomic mass is 79.9. The van der Waals surface area contributed by atoms with Gasteiger partial charge in [0.1, 0.15) is 4.47 Å². The molecule has 1 amide bonds. The maximum Gasteiger partial charge on any atom is 0.364 e. The van der Waals surface area contributed by atoms with Crippen LogP contribution in [0.4, 0.5) is 11.5 Å². The Balaban J connectivity index is 2.44. The molecule has 2 rings (SSSR count). The maximum absolute atomic E-state index is 11.2. The smallest absolute Gasteiger partial charge is 0.358 e. The minimum absolute atomic E-state index is 0.183. The molecule has 0 fully saturated rings. The number of halogens is 1. The van der Waals surface area contributed by atoms with Crippen molar-refractivity contribution in [2.75, 3.05) is 5.32 Å². The van der Waals surface area contributed by atoms with Crippen molar-refractivity contribution in [2.45, 2.75) is 0 Å². The van der Waals surface area contributed by atoms with Crippen LogP contribution in [0.15, 0.2) is 47.6 Å². The third-order valence-electron chi connectivity index (χ3n) is 2.42. The molecule has 0 aliphatic rings. The Morgan fingerprint density at radius 1 is 1.55 bits per heavy atom. The van der Waals surface area contributed by atoms with Gasteiger partial charge in [-0.1, -0.05) is 22.4 Å². The molecule has 1 aromatic carbocycles. The molecule has 0 unspecified atom stereocenters. The van der Waals surface area contributed by atoms with Crippen molar-refractivity contribution in [2.24, 2.45) is 0 Å². The van der Waals surface area contributed by atoms with E-state index in [2.05, 4.69) is 32.9 Å². The van der Waals surface area contributed by atoms with Gasteiger partial charge in [0.2, 0.25) is 5.91 Å². The van der Waals surface area contributed by atoms with E-state index in [0.29, 0.717) is 11.4 Å². The lowest BCUT2D eigenvalue weighted by atomic mass is 10.2. The zero-order valence-electron chi connectivity index (χ0n) is 10.1. The van der Waals surface area contributed by atoms with Crippen molar-refractivity contribution in [1.82, 2.24) is 9.78 Å². The number of amides is 1. The molecule has 2 aromatic rings. The van der Waals surface area contributed by atoms with Gasteiger partial charge in [-0.05, 0) is 39.1 Å². The van der Waals surface area contributed by atoms with Gasteiger partial charge in [0.05, 0.1) is 6.20 Å². The van der Waals surface area contributed by atoms with Gasteiger partial charge in [-0.2, -0.15) is 0 Å². The van der Waals surface area contributed by atoms with Crippen LogP contribution in [0, 0.1) is 10.1 Å². The Morgan fingerprint density at radius 2 is 2.30 bits per heavy atom. The van der Waals surface area contributed by atoms with Crippen LogP contribution in [-0.2, 0) is 4.79 Å². The average molecular weight is 337 g/mol. The maximum atomic E-state index is 11.2. The SMILES string of the molecule is C=CC(=O)Nc1cccc(-n2ncc(Br)c2[N+](=O)[O-])c1. The predicted octanol–water partition coefficient (Wildman–Crippen LogP) is 2.67. The molecular formula is C12H9BrN4O3. The van der Waals surface area contributed by atoms with E-state index >= 15 is 0 Å². The van der Waals surface area contributed by atoms with Gasteiger partial charge in [0, 0.05) is 11.8 Å². The number of hydrogen-bond donors (Lipinski definition) is 1. The fourth-order valence-corrected chi connectivity index (χ4v) is 1.99. The number of anilines is 1. The number of nitrogens with one attached hydrogen (secondary N) is 1. The van der Waals surface area contributed by atoms with Gasteiger partial charge >= 0.3 is 5.82 Å². The van der Waals surface area contributed by atoms with Crippen molar-refractivity contribution in [3.05, 3.63) is 57.7 Å². The van der Waals surface area contributed by atoms with Crippen molar-refractivity contribution < 1.29 is 9.72 Å². The highest BCUT2D eigenvalue weighted by molar-refractivity contribution is 9.10. The Hall–Kier alpha value is -2.48. The molecule has 1 N–H and O–H groups in total. The number of aromatic nitrogens is 2. The minimum atomic E-state index is -0.536. The van der Waals surface area contributed by atoms with Crippen LogP contribution in [0.3, 0.4) is 0 Å². The fourth-order valence-electron chi connectivity index (χ4n) is 1.58. The first-order valence-electron chi connectivity index (χ1n) is 5.44. The monoisotopic (exact) mass is 336 g/mol. The van der Waals surface area contributed by atoms with E-state index < -0.39 is 4.92 Å². The van der Waals surface area contributed by atoms with Gasteiger partial charge in [-0.3, -0.25) is 4.79 Å². The second kappa shape index (κ2) is 5.66. The first-order valence-corrected chi connectivity index (χ1v) is 6.24. The van der Waals surface area contributed by atoms with Gasteiger partial charge in [-0.25, -0.2) is 0 Å². The van der Waals surface area contributed by atoms with Crippen LogP contribution in [0.5, 0.6) is 0 Å². The third kappa shape index (κ3) is 2.75. The summed E-state index contributed by atoms with van der Waals surface area (Å²) in [6.07, 6.45) is 2.48.